The number of aromatic nitrogens is 1. The summed E-state index contributed by atoms with van der Waals surface area (Å²) in [5.41, 5.74) is 1.93. The highest BCUT2D eigenvalue weighted by Gasteiger charge is 2.09. The van der Waals surface area contributed by atoms with Crippen molar-refractivity contribution in [2.24, 2.45) is 0 Å². The Morgan fingerprint density at radius 2 is 2.21 bits per heavy atom. The third-order valence-electron chi connectivity index (χ3n) is 2.72. The Morgan fingerprint density at radius 3 is 2.89 bits per heavy atom. The van der Waals surface area contributed by atoms with E-state index in [1.165, 1.54) is 13.1 Å². The summed E-state index contributed by atoms with van der Waals surface area (Å²) in [5.74, 6) is -1.04. The predicted octanol–water partition coefficient (Wildman–Crippen LogP) is 2.02. The molecule has 1 aromatic heterocycles. The summed E-state index contributed by atoms with van der Waals surface area (Å²) in [6.07, 6.45) is 5.14. The van der Waals surface area contributed by atoms with E-state index in [9.17, 15) is 9.59 Å². The van der Waals surface area contributed by atoms with Gasteiger partial charge in [-0.2, -0.15) is 0 Å². The van der Waals surface area contributed by atoms with Gasteiger partial charge in [0.25, 0.3) is 0 Å². The van der Waals surface area contributed by atoms with Crippen LogP contribution in [0.15, 0.2) is 30.5 Å². The minimum atomic E-state index is -0.953. The molecule has 0 atom stereocenters. The highest BCUT2D eigenvalue weighted by Crippen LogP contribution is 2.20. The number of nitrogens with one attached hydrogen (secondary N) is 2. The van der Waals surface area contributed by atoms with Crippen molar-refractivity contribution in [2.75, 3.05) is 6.54 Å². The summed E-state index contributed by atoms with van der Waals surface area (Å²) in [6.45, 7) is 1.91. The molecule has 5 heteroatoms. The minimum Gasteiger partial charge on any atom is -0.478 e. The van der Waals surface area contributed by atoms with Gasteiger partial charge in [0.15, 0.2) is 0 Å². The Balaban J connectivity index is 2.23. The first-order valence-electron chi connectivity index (χ1n) is 5.83. The van der Waals surface area contributed by atoms with Crippen LogP contribution in [0.5, 0.6) is 0 Å². The number of hydrogen-bond acceptors (Lipinski definition) is 2. The van der Waals surface area contributed by atoms with E-state index in [-0.39, 0.29) is 11.5 Å². The van der Waals surface area contributed by atoms with Crippen LogP contribution < -0.4 is 5.32 Å². The number of benzene rings is 1. The summed E-state index contributed by atoms with van der Waals surface area (Å²) in [6, 6.07) is 5.52. The van der Waals surface area contributed by atoms with Crippen molar-refractivity contribution in [3.05, 3.63) is 41.6 Å². The van der Waals surface area contributed by atoms with Crippen LogP contribution in [-0.2, 0) is 4.79 Å². The summed E-state index contributed by atoms with van der Waals surface area (Å²) >= 11 is 0. The number of carboxylic acids is 1. The number of aromatic carboxylic acids is 1. The van der Waals surface area contributed by atoms with Gasteiger partial charge in [0.2, 0.25) is 5.91 Å². The van der Waals surface area contributed by atoms with Crippen molar-refractivity contribution in [3.8, 4) is 0 Å². The monoisotopic (exact) mass is 258 g/mol. The van der Waals surface area contributed by atoms with E-state index in [0.717, 1.165) is 11.1 Å². The second-order valence-corrected chi connectivity index (χ2v) is 4.15. The zero-order valence-electron chi connectivity index (χ0n) is 10.4. The number of rotatable bonds is 4. The third-order valence-corrected chi connectivity index (χ3v) is 2.72. The van der Waals surface area contributed by atoms with E-state index >= 15 is 0 Å². The number of carbonyl (C=O) groups excluding carboxylic acids is 1. The van der Waals surface area contributed by atoms with Crippen LogP contribution >= 0.6 is 0 Å². The first-order chi connectivity index (χ1) is 9.08. The number of carbonyl (C=O) groups is 2. The van der Waals surface area contributed by atoms with Crippen molar-refractivity contribution in [2.45, 2.75) is 6.92 Å². The van der Waals surface area contributed by atoms with Crippen molar-refractivity contribution < 1.29 is 14.7 Å². The molecule has 0 aliphatic carbocycles. The number of hydrogen-bond donors (Lipinski definition) is 3. The molecule has 1 amide bonds. The lowest BCUT2D eigenvalue weighted by Gasteiger charge is -1.97. The number of amides is 1. The van der Waals surface area contributed by atoms with Gasteiger partial charge in [-0.3, -0.25) is 4.79 Å². The molecule has 0 bridgehead atoms. The fraction of sp³-hybridized carbons (Fsp3) is 0.143. The Morgan fingerprint density at radius 1 is 1.42 bits per heavy atom. The molecule has 0 saturated heterocycles. The molecule has 1 aromatic carbocycles. The smallest absolute Gasteiger partial charge is 0.337 e. The third kappa shape index (κ3) is 3.01. The Kier molecular flexibility index (Phi) is 3.66. The van der Waals surface area contributed by atoms with Crippen molar-refractivity contribution in [1.29, 1.82) is 0 Å². The van der Waals surface area contributed by atoms with E-state index in [4.69, 9.17) is 5.11 Å². The molecule has 0 fully saturated rings. The highest BCUT2D eigenvalue weighted by atomic mass is 16.4. The standard InChI is InChI=1S/C14H14N2O3/c1-9(17)15-6-2-3-10-4-5-13-11(7-10)12(8-16-13)14(18)19/h2-5,7-8,16H,6H2,1H3,(H,15,17)(H,18,19). The Labute approximate surface area is 109 Å². The van der Waals surface area contributed by atoms with Crippen molar-refractivity contribution in [3.63, 3.8) is 0 Å². The Hall–Kier alpha value is -2.56. The topological polar surface area (TPSA) is 82.2 Å². The molecule has 5 nitrogen and oxygen atoms in total. The van der Waals surface area contributed by atoms with E-state index in [1.54, 1.807) is 6.07 Å². The average Bonchev–Trinajstić information content (AvgIpc) is 2.77. The van der Waals surface area contributed by atoms with Crippen molar-refractivity contribution in [1.82, 2.24) is 10.3 Å². The average molecular weight is 258 g/mol. The van der Waals surface area contributed by atoms with Gasteiger partial charge in [0, 0.05) is 30.6 Å². The Bertz CT molecular complexity index is 656. The molecular formula is C14H14N2O3. The van der Waals surface area contributed by atoms with Gasteiger partial charge in [0.05, 0.1) is 5.56 Å². The van der Waals surface area contributed by atoms with Gasteiger partial charge in [-0.1, -0.05) is 18.2 Å². The largest absolute Gasteiger partial charge is 0.478 e. The lowest BCUT2D eigenvalue weighted by molar-refractivity contribution is -0.118. The molecule has 98 valence electrons. The molecule has 19 heavy (non-hydrogen) atoms. The normalized spacial score (nSPS) is 11.0. The lowest BCUT2D eigenvalue weighted by Crippen LogP contribution is -2.19. The van der Waals surface area contributed by atoms with Crippen LogP contribution in [0.25, 0.3) is 17.0 Å². The molecule has 0 unspecified atom stereocenters. The summed E-state index contributed by atoms with van der Waals surface area (Å²) in [7, 11) is 0. The summed E-state index contributed by atoms with van der Waals surface area (Å²) in [4.78, 5) is 24.7. The van der Waals surface area contributed by atoms with Crippen LogP contribution in [0.1, 0.15) is 22.8 Å². The molecule has 1 heterocycles. The van der Waals surface area contributed by atoms with Gasteiger partial charge in [0.1, 0.15) is 0 Å². The van der Waals surface area contributed by atoms with Gasteiger partial charge in [-0.05, 0) is 17.7 Å². The van der Waals surface area contributed by atoms with Gasteiger partial charge >= 0.3 is 5.97 Å². The van der Waals surface area contributed by atoms with E-state index < -0.39 is 5.97 Å². The molecular weight excluding hydrogens is 244 g/mol. The van der Waals surface area contributed by atoms with Gasteiger partial charge in [-0.15, -0.1) is 0 Å². The molecule has 0 radical (unpaired) electrons. The molecule has 3 N–H and O–H groups in total. The molecule has 0 aliphatic rings. The van der Waals surface area contributed by atoms with E-state index in [2.05, 4.69) is 10.3 Å². The SMILES string of the molecule is CC(=O)NCC=Cc1ccc2[nH]cc(C(=O)O)c2c1. The molecule has 2 rings (SSSR count). The van der Waals surface area contributed by atoms with Gasteiger partial charge < -0.3 is 15.4 Å². The zero-order valence-corrected chi connectivity index (χ0v) is 10.4. The second kappa shape index (κ2) is 5.39. The van der Waals surface area contributed by atoms with E-state index in [1.807, 2.05) is 24.3 Å². The first kappa shape index (κ1) is 12.9. The van der Waals surface area contributed by atoms with Crippen molar-refractivity contribution >= 4 is 28.9 Å². The summed E-state index contributed by atoms with van der Waals surface area (Å²) in [5, 5.41) is 12.4. The highest BCUT2D eigenvalue weighted by molar-refractivity contribution is 6.03. The maximum atomic E-state index is 11.0. The van der Waals surface area contributed by atoms with Crippen LogP contribution in [0.2, 0.25) is 0 Å². The number of fused-ring (bicyclic) bond motifs is 1. The predicted molar refractivity (Wildman–Crippen MR) is 73.0 cm³/mol. The zero-order chi connectivity index (χ0) is 13.8. The first-order valence-corrected chi connectivity index (χ1v) is 5.83. The van der Waals surface area contributed by atoms with Crippen LogP contribution in [0.3, 0.4) is 0 Å². The molecule has 0 spiro atoms. The number of H-pyrrole nitrogens is 1. The fourth-order valence-corrected chi connectivity index (χ4v) is 1.82. The minimum absolute atomic E-state index is 0.0844. The maximum Gasteiger partial charge on any atom is 0.337 e. The second-order valence-electron chi connectivity index (χ2n) is 4.15. The molecule has 0 saturated carbocycles. The maximum absolute atomic E-state index is 11.0. The van der Waals surface area contributed by atoms with E-state index in [0.29, 0.717) is 11.9 Å². The number of aromatic amines is 1. The molecule has 2 aromatic rings. The fourth-order valence-electron chi connectivity index (χ4n) is 1.82. The lowest BCUT2D eigenvalue weighted by atomic mass is 10.1. The van der Waals surface area contributed by atoms with Crippen LogP contribution in [0, 0.1) is 0 Å². The number of carboxylic acid groups (broad SMARTS) is 1. The summed E-state index contributed by atoms with van der Waals surface area (Å²) < 4.78 is 0. The molecule has 0 aliphatic heterocycles. The van der Waals surface area contributed by atoms with Gasteiger partial charge in [-0.25, -0.2) is 4.79 Å². The van der Waals surface area contributed by atoms with Crippen LogP contribution in [-0.4, -0.2) is 28.5 Å². The quantitative estimate of drug-likeness (QED) is 0.784. The van der Waals surface area contributed by atoms with Crippen LogP contribution in [0.4, 0.5) is 0 Å².